The average molecular weight is 524 g/mol. The van der Waals surface area contributed by atoms with E-state index in [9.17, 15) is 18.4 Å². The zero-order valence-corrected chi connectivity index (χ0v) is 21.0. The van der Waals surface area contributed by atoms with E-state index in [2.05, 4.69) is 0 Å². The van der Waals surface area contributed by atoms with E-state index in [1.165, 1.54) is 35.2 Å². The topological polar surface area (TPSA) is 54.8 Å². The van der Waals surface area contributed by atoms with Crippen LogP contribution in [-0.2, 0) is 18.6 Å². The monoisotopic (exact) mass is 523 g/mol. The molecule has 6 nitrogen and oxygen atoms in total. The summed E-state index contributed by atoms with van der Waals surface area (Å²) in [6, 6.07) is 20.0. The summed E-state index contributed by atoms with van der Waals surface area (Å²) in [5.74, 6) is -1.28. The van der Waals surface area contributed by atoms with Gasteiger partial charge in [0.15, 0.2) is 11.4 Å². The smallest absolute Gasteiger partial charge is 0.277 e. The van der Waals surface area contributed by atoms with E-state index in [0.717, 1.165) is 22.3 Å². The third-order valence-electron chi connectivity index (χ3n) is 7.85. The minimum atomic E-state index is -1.09. The number of fused-ring (bicyclic) bond motifs is 6. The van der Waals surface area contributed by atoms with Crippen LogP contribution in [0.4, 0.5) is 8.78 Å². The molecule has 2 aliphatic carbocycles. The maximum Gasteiger partial charge on any atom is 0.277 e. The molecule has 194 valence electrons. The molecule has 1 unspecified atom stereocenters. The van der Waals surface area contributed by atoms with Crippen molar-refractivity contribution in [1.82, 2.24) is 9.58 Å². The molecule has 0 saturated heterocycles. The molecule has 8 heteroatoms. The summed E-state index contributed by atoms with van der Waals surface area (Å²) in [6.07, 6.45) is 4.09. The molecule has 0 radical (unpaired) electrons. The highest BCUT2D eigenvalue weighted by Gasteiger charge is 2.55. The molecule has 0 N–H and O–H groups in total. The summed E-state index contributed by atoms with van der Waals surface area (Å²) in [5.41, 5.74) is 3.40. The van der Waals surface area contributed by atoms with Crippen LogP contribution in [-0.4, -0.2) is 29.2 Å². The van der Waals surface area contributed by atoms with Crippen molar-refractivity contribution in [1.29, 1.82) is 0 Å². The molecular weight excluding hydrogens is 500 g/mol. The van der Waals surface area contributed by atoms with Gasteiger partial charge in [0.1, 0.15) is 30.4 Å². The molecule has 4 aromatic rings. The van der Waals surface area contributed by atoms with Gasteiger partial charge in [-0.25, -0.2) is 8.78 Å². The van der Waals surface area contributed by atoms with Crippen LogP contribution in [0, 0.1) is 11.6 Å². The summed E-state index contributed by atoms with van der Waals surface area (Å²) in [5, 5.41) is 1.90. The van der Waals surface area contributed by atoms with Crippen LogP contribution in [0.1, 0.15) is 38.3 Å². The Morgan fingerprint density at radius 2 is 1.67 bits per heavy atom. The standard InChI is InChI=1S/C31H23F2N3O3/c1-34-18-36(35-12-11-27(37)29(28(35)30(34)38)39-17-19-5-3-2-4-6-19)31-22(13-20-7-9-23(32)15-25(20)31)14-21-8-10-24(33)16-26(21)31/h2-13,15-16H,14,17-18H2,1H3. The molecule has 0 bridgehead atoms. The number of hydrogen-bond acceptors (Lipinski definition) is 4. The molecule has 0 spiro atoms. The van der Waals surface area contributed by atoms with Gasteiger partial charge in [-0.3, -0.25) is 19.3 Å². The lowest BCUT2D eigenvalue weighted by atomic mass is 9.83. The summed E-state index contributed by atoms with van der Waals surface area (Å²) in [4.78, 5) is 28.1. The van der Waals surface area contributed by atoms with Crippen molar-refractivity contribution in [2.75, 3.05) is 18.7 Å². The molecule has 1 aliphatic heterocycles. The first kappa shape index (κ1) is 23.4. The Morgan fingerprint density at radius 1 is 0.923 bits per heavy atom. The summed E-state index contributed by atoms with van der Waals surface area (Å²) < 4.78 is 37.2. The molecule has 7 rings (SSSR count). The zero-order chi connectivity index (χ0) is 26.9. The quantitative estimate of drug-likeness (QED) is 0.393. The zero-order valence-electron chi connectivity index (χ0n) is 21.0. The minimum absolute atomic E-state index is 0.0654. The van der Waals surface area contributed by atoms with Crippen molar-refractivity contribution >= 4 is 12.0 Å². The first-order valence-electron chi connectivity index (χ1n) is 12.6. The number of carbonyl (C=O) groups is 1. The molecule has 2 heterocycles. The van der Waals surface area contributed by atoms with E-state index in [1.54, 1.807) is 30.1 Å². The fourth-order valence-corrected chi connectivity index (χ4v) is 6.18. The highest BCUT2D eigenvalue weighted by molar-refractivity contribution is 5.96. The third-order valence-corrected chi connectivity index (χ3v) is 7.85. The number of ether oxygens (including phenoxy) is 1. The first-order valence-corrected chi connectivity index (χ1v) is 12.6. The third kappa shape index (κ3) is 3.30. The molecule has 1 amide bonds. The van der Waals surface area contributed by atoms with Crippen molar-refractivity contribution in [2.45, 2.75) is 18.6 Å². The van der Waals surface area contributed by atoms with Crippen molar-refractivity contribution in [3.63, 3.8) is 0 Å². The predicted molar refractivity (Wildman–Crippen MR) is 142 cm³/mol. The highest BCUT2D eigenvalue weighted by Crippen LogP contribution is 2.55. The first-order chi connectivity index (χ1) is 18.9. The lowest BCUT2D eigenvalue weighted by Crippen LogP contribution is -2.61. The van der Waals surface area contributed by atoms with E-state index in [0.29, 0.717) is 17.5 Å². The summed E-state index contributed by atoms with van der Waals surface area (Å²) in [7, 11) is 1.64. The highest BCUT2D eigenvalue weighted by atomic mass is 19.1. The van der Waals surface area contributed by atoms with Gasteiger partial charge in [-0.1, -0.05) is 48.5 Å². The van der Waals surface area contributed by atoms with Crippen molar-refractivity contribution < 1.29 is 18.3 Å². The molecule has 0 fully saturated rings. The fraction of sp³-hybridized carbons (Fsp3) is 0.161. The van der Waals surface area contributed by atoms with E-state index in [4.69, 9.17) is 4.74 Å². The number of aromatic nitrogens is 1. The second kappa shape index (κ2) is 8.39. The van der Waals surface area contributed by atoms with Gasteiger partial charge in [-0.2, -0.15) is 0 Å². The van der Waals surface area contributed by atoms with Gasteiger partial charge in [0.25, 0.3) is 5.91 Å². The van der Waals surface area contributed by atoms with E-state index < -0.39 is 22.6 Å². The Labute approximate surface area is 223 Å². The van der Waals surface area contributed by atoms with Crippen molar-refractivity contribution in [3.05, 3.63) is 140 Å². The van der Waals surface area contributed by atoms with E-state index >= 15 is 0 Å². The number of pyridine rings is 1. The second-order valence-electron chi connectivity index (χ2n) is 10.1. The van der Waals surface area contributed by atoms with Crippen LogP contribution in [0.3, 0.4) is 0 Å². The van der Waals surface area contributed by atoms with Crippen molar-refractivity contribution in [2.24, 2.45) is 0 Å². The average Bonchev–Trinajstić information content (AvgIpc) is 3.41. The van der Waals surface area contributed by atoms with Gasteiger partial charge in [0, 0.05) is 19.3 Å². The summed E-state index contributed by atoms with van der Waals surface area (Å²) >= 11 is 0. The second-order valence-corrected chi connectivity index (χ2v) is 10.1. The van der Waals surface area contributed by atoms with Gasteiger partial charge in [-0.05, 0) is 64.1 Å². The van der Waals surface area contributed by atoms with Crippen LogP contribution < -0.4 is 15.2 Å². The number of hydrogen-bond donors (Lipinski definition) is 0. The lowest BCUT2D eigenvalue weighted by Gasteiger charge is -2.49. The van der Waals surface area contributed by atoms with Crippen LogP contribution in [0.5, 0.6) is 5.75 Å². The van der Waals surface area contributed by atoms with Gasteiger partial charge in [0.05, 0.1) is 0 Å². The lowest BCUT2D eigenvalue weighted by molar-refractivity contribution is 0.0712. The number of halogens is 2. The Kier molecular flexibility index (Phi) is 5.04. The number of benzene rings is 3. The maximum atomic E-state index is 14.8. The van der Waals surface area contributed by atoms with Gasteiger partial charge in [0.2, 0.25) is 5.43 Å². The Morgan fingerprint density at radius 3 is 2.46 bits per heavy atom. The number of amides is 1. The van der Waals surface area contributed by atoms with Crippen LogP contribution in [0.15, 0.2) is 89.4 Å². The van der Waals surface area contributed by atoms with Crippen LogP contribution in [0.25, 0.3) is 6.08 Å². The molecule has 3 aromatic carbocycles. The Bertz CT molecular complexity index is 1770. The normalized spacial score (nSPS) is 18.8. The van der Waals surface area contributed by atoms with Gasteiger partial charge >= 0.3 is 0 Å². The van der Waals surface area contributed by atoms with Crippen LogP contribution >= 0.6 is 0 Å². The van der Waals surface area contributed by atoms with Gasteiger partial charge in [-0.15, -0.1) is 0 Å². The van der Waals surface area contributed by atoms with Crippen molar-refractivity contribution in [3.8, 4) is 5.75 Å². The number of rotatable bonds is 4. The number of nitrogens with zero attached hydrogens (tertiary/aromatic N) is 3. The maximum absolute atomic E-state index is 14.8. The van der Waals surface area contributed by atoms with Gasteiger partial charge < -0.3 is 9.64 Å². The molecule has 0 saturated carbocycles. The molecule has 3 aliphatic rings. The fourth-order valence-electron chi connectivity index (χ4n) is 6.18. The predicted octanol–water partition coefficient (Wildman–Crippen LogP) is 4.58. The minimum Gasteiger partial charge on any atom is -0.482 e. The molecule has 1 atom stereocenters. The Balaban J connectivity index is 1.47. The molecule has 39 heavy (non-hydrogen) atoms. The largest absolute Gasteiger partial charge is 0.482 e. The molecular formula is C31H23F2N3O3. The Hall–Kier alpha value is -4.72. The van der Waals surface area contributed by atoms with Crippen LogP contribution in [0.2, 0.25) is 0 Å². The number of carbonyl (C=O) groups excluding carboxylic acids is 1. The van der Waals surface area contributed by atoms with E-state index in [-0.39, 0.29) is 30.6 Å². The summed E-state index contributed by atoms with van der Waals surface area (Å²) in [6.45, 7) is 0.207. The van der Waals surface area contributed by atoms with E-state index in [1.807, 2.05) is 41.4 Å². The SMILES string of the molecule is CN1CN(C23C(=Cc4ccc(F)cc42)Cc2ccc(F)cc23)n2ccc(=O)c(OCc3ccccc3)c2C1=O. The molecule has 1 aromatic heterocycles.